The Bertz CT molecular complexity index is 1390. The third-order valence-electron chi connectivity index (χ3n) is 5.59. The van der Waals surface area contributed by atoms with Crippen LogP contribution in [0.15, 0.2) is 47.8 Å². The summed E-state index contributed by atoms with van der Waals surface area (Å²) in [6.07, 6.45) is 4.23. The van der Waals surface area contributed by atoms with Crippen LogP contribution in [0.1, 0.15) is 11.3 Å². The second-order valence-electron chi connectivity index (χ2n) is 7.66. The number of hydrogen-bond acceptors (Lipinski definition) is 5. The molecule has 4 heterocycles. The van der Waals surface area contributed by atoms with E-state index in [0.717, 1.165) is 35.2 Å². The Balaban J connectivity index is 1.66. The van der Waals surface area contributed by atoms with Crippen molar-refractivity contribution >= 4 is 32.4 Å². The van der Waals surface area contributed by atoms with E-state index < -0.39 is 10.0 Å². The van der Waals surface area contributed by atoms with Crippen LogP contribution < -0.4 is 9.62 Å². The highest BCUT2D eigenvalue weighted by atomic mass is 32.2. The van der Waals surface area contributed by atoms with Gasteiger partial charge in [0.15, 0.2) is 5.03 Å². The first-order valence-electron chi connectivity index (χ1n) is 9.68. The molecule has 0 radical (unpaired) electrons. The van der Waals surface area contributed by atoms with Crippen LogP contribution >= 0.6 is 0 Å². The van der Waals surface area contributed by atoms with Crippen LogP contribution in [0.5, 0.6) is 0 Å². The number of fused-ring (bicyclic) bond motifs is 2. The van der Waals surface area contributed by atoms with E-state index in [0.29, 0.717) is 11.3 Å². The number of sulfonamides is 1. The molecule has 0 saturated heterocycles. The van der Waals surface area contributed by atoms with E-state index in [1.54, 1.807) is 25.5 Å². The van der Waals surface area contributed by atoms with Crippen LogP contribution in [0.2, 0.25) is 0 Å². The summed E-state index contributed by atoms with van der Waals surface area (Å²) in [5.74, 6) is 0. The smallest absolute Gasteiger partial charge is 0.281 e. The fourth-order valence-corrected chi connectivity index (χ4v) is 5.15. The Morgan fingerprint density at radius 1 is 1.17 bits per heavy atom. The quantitative estimate of drug-likeness (QED) is 0.527. The molecule has 1 aliphatic heterocycles. The van der Waals surface area contributed by atoms with Gasteiger partial charge in [0.2, 0.25) is 0 Å². The number of H-pyrrole nitrogens is 1. The highest BCUT2D eigenvalue weighted by Gasteiger charge is 2.23. The van der Waals surface area contributed by atoms with Crippen LogP contribution in [0.4, 0.5) is 11.4 Å². The number of likely N-dealkylation sites (N-methyl/N-ethyl adjacent to an activating group) is 1. The molecule has 8 nitrogen and oxygen atoms in total. The van der Waals surface area contributed by atoms with E-state index >= 15 is 0 Å². The van der Waals surface area contributed by atoms with Crippen molar-refractivity contribution in [3.05, 3.63) is 54.0 Å². The number of aromatic nitrogens is 4. The van der Waals surface area contributed by atoms with Crippen molar-refractivity contribution in [2.24, 2.45) is 7.05 Å². The summed E-state index contributed by atoms with van der Waals surface area (Å²) in [5, 5.41) is 4.75. The molecule has 0 atom stereocenters. The van der Waals surface area contributed by atoms with Crippen molar-refractivity contribution in [1.82, 2.24) is 19.7 Å². The lowest BCUT2D eigenvalue weighted by atomic mass is 9.99. The Hall–Kier alpha value is -3.33. The van der Waals surface area contributed by atoms with E-state index in [1.807, 2.05) is 6.92 Å². The molecule has 30 heavy (non-hydrogen) atoms. The van der Waals surface area contributed by atoms with Gasteiger partial charge in [-0.15, -0.1) is 0 Å². The van der Waals surface area contributed by atoms with Crippen LogP contribution in [0.3, 0.4) is 0 Å². The van der Waals surface area contributed by atoms with Gasteiger partial charge in [-0.25, -0.2) is 4.98 Å². The number of hydrogen-bond donors (Lipinski definition) is 2. The average Bonchev–Trinajstić information content (AvgIpc) is 3.39. The minimum atomic E-state index is -3.82. The maximum Gasteiger partial charge on any atom is 0.281 e. The topological polar surface area (TPSA) is 95.9 Å². The van der Waals surface area contributed by atoms with Gasteiger partial charge >= 0.3 is 0 Å². The Labute approximate surface area is 174 Å². The molecule has 5 rings (SSSR count). The molecule has 0 unspecified atom stereocenters. The van der Waals surface area contributed by atoms with Gasteiger partial charge in [-0.05, 0) is 42.7 Å². The molecule has 1 aromatic carbocycles. The lowest BCUT2D eigenvalue weighted by Crippen LogP contribution is -2.14. The number of aromatic amines is 1. The van der Waals surface area contributed by atoms with Crippen molar-refractivity contribution in [3.8, 4) is 11.1 Å². The molecule has 0 amide bonds. The zero-order valence-electron chi connectivity index (χ0n) is 17.0. The average molecular weight is 423 g/mol. The van der Waals surface area contributed by atoms with Crippen molar-refractivity contribution < 1.29 is 8.42 Å². The van der Waals surface area contributed by atoms with Gasteiger partial charge in [0.05, 0.1) is 11.1 Å². The fraction of sp³-hybridized carbons (Fsp3) is 0.238. The first-order chi connectivity index (χ1) is 14.3. The number of aryl methyl sites for hydroxylation is 2. The van der Waals surface area contributed by atoms with Crippen molar-refractivity contribution in [2.75, 3.05) is 23.2 Å². The molecule has 4 aromatic rings. The molecule has 0 fully saturated rings. The number of nitrogens with one attached hydrogen (secondary N) is 2. The van der Waals surface area contributed by atoms with E-state index in [1.165, 1.54) is 22.0 Å². The fourth-order valence-electron chi connectivity index (χ4n) is 4.11. The minimum Gasteiger partial charge on any atom is -0.374 e. The SMILES string of the molecule is Cc1[nH]c2nccc(NS(=O)(=O)c3ccn(C)n3)c2c1-c1ccc2c(c1)N(C)CC2. The molecule has 9 heteroatoms. The van der Waals surface area contributed by atoms with E-state index in [9.17, 15) is 8.42 Å². The van der Waals surface area contributed by atoms with Gasteiger partial charge in [0.1, 0.15) is 5.65 Å². The normalized spacial score (nSPS) is 13.8. The number of pyridine rings is 1. The predicted octanol–water partition coefficient (Wildman–Crippen LogP) is 3.06. The molecule has 2 N–H and O–H groups in total. The summed E-state index contributed by atoms with van der Waals surface area (Å²) in [5.41, 5.74) is 6.55. The summed E-state index contributed by atoms with van der Waals surface area (Å²) >= 11 is 0. The highest BCUT2D eigenvalue weighted by molar-refractivity contribution is 7.92. The van der Waals surface area contributed by atoms with Gasteiger partial charge in [0.25, 0.3) is 10.0 Å². The first kappa shape index (κ1) is 18.7. The van der Waals surface area contributed by atoms with Gasteiger partial charge in [-0.2, -0.15) is 13.5 Å². The van der Waals surface area contributed by atoms with E-state index in [4.69, 9.17) is 0 Å². The van der Waals surface area contributed by atoms with Crippen molar-refractivity contribution in [2.45, 2.75) is 18.4 Å². The monoisotopic (exact) mass is 422 g/mol. The third-order valence-corrected chi connectivity index (χ3v) is 6.85. The van der Waals surface area contributed by atoms with Gasteiger partial charge < -0.3 is 9.88 Å². The number of nitrogens with zero attached hydrogens (tertiary/aromatic N) is 4. The van der Waals surface area contributed by atoms with Gasteiger partial charge in [-0.1, -0.05) is 12.1 Å². The Kier molecular flexibility index (Phi) is 4.11. The molecule has 0 spiro atoms. The molecule has 0 aliphatic carbocycles. The molecule has 0 bridgehead atoms. The Morgan fingerprint density at radius 3 is 2.77 bits per heavy atom. The van der Waals surface area contributed by atoms with E-state index in [-0.39, 0.29) is 5.03 Å². The number of anilines is 2. The predicted molar refractivity (Wildman–Crippen MR) is 117 cm³/mol. The summed E-state index contributed by atoms with van der Waals surface area (Å²) in [7, 11) is -0.0522. The summed E-state index contributed by atoms with van der Waals surface area (Å²) in [6.45, 7) is 2.98. The van der Waals surface area contributed by atoms with Crippen LogP contribution in [0, 0.1) is 6.92 Å². The molecular weight excluding hydrogens is 400 g/mol. The lowest BCUT2D eigenvalue weighted by molar-refractivity contribution is 0.593. The van der Waals surface area contributed by atoms with Crippen molar-refractivity contribution in [1.29, 1.82) is 0 Å². The number of rotatable bonds is 4. The zero-order valence-corrected chi connectivity index (χ0v) is 17.8. The summed E-state index contributed by atoms with van der Waals surface area (Å²) in [4.78, 5) is 9.96. The zero-order chi connectivity index (χ0) is 21.0. The molecular formula is C21H22N6O2S. The van der Waals surface area contributed by atoms with Crippen molar-refractivity contribution in [3.63, 3.8) is 0 Å². The van der Waals surface area contributed by atoms with Crippen LogP contribution in [-0.4, -0.2) is 41.8 Å². The summed E-state index contributed by atoms with van der Waals surface area (Å²) < 4.78 is 29.9. The maximum absolute atomic E-state index is 12.9. The number of benzene rings is 1. The Morgan fingerprint density at radius 2 is 2.00 bits per heavy atom. The third kappa shape index (κ3) is 2.93. The second kappa shape index (κ2) is 6.60. The largest absolute Gasteiger partial charge is 0.374 e. The van der Waals surface area contributed by atoms with Crippen LogP contribution in [0.25, 0.3) is 22.2 Å². The molecule has 3 aromatic heterocycles. The standard InChI is InChI=1S/C21H22N6O2S/c1-13-19(15-5-4-14-7-10-26(2)17(14)12-15)20-16(6-9-22-21(20)23-13)25-30(28,29)18-8-11-27(3)24-18/h4-6,8-9,11-12H,7,10H2,1-3H3,(H2,22,23,25). The molecule has 0 saturated carbocycles. The highest BCUT2D eigenvalue weighted by Crippen LogP contribution is 2.39. The van der Waals surface area contributed by atoms with Gasteiger partial charge in [-0.3, -0.25) is 9.40 Å². The minimum absolute atomic E-state index is 0.0251. The second-order valence-corrected chi connectivity index (χ2v) is 9.28. The van der Waals surface area contributed by atoms with Crippen LogP contribution in [-0.2, 0) is 23.5 Å². The lowest BCUT2D eigenvalue weighted by Gasteiger charge is -2.14. The first-order valence-corrected chi connectivity index (χ1v) is 11.2. The summed E-state index contributed by atoms with van der Waals surface area (Å²) in [6, 6.07) is 9.57. The molecule has 154 valence electrons. The van der Waals surface area contributed by atoms with Gasteiger partial charge in [0, 0.05) is 50.0 Å². The maximum atomic E-state index is 12.9. The van der Waals surface area contributed by atoms with E-state index in [2.05, 4.69) is 49.9 Å². The molecule has 1 aliphatic rings.